The summed E-state index contributed by atoms with van der Waals surface area (Å²) in [6.07, 6.45) is 26.0. The molecule has 4 heterocycles. The summed E-state index contributed by atoms with van der Waals surface area (Å²) in [5, 5.41) is 6.49. The number of allylic oxidation sites excluding steroid dienone is 2. The number of piperazine rings is 1. The SMILES string of the molecule is CCC(=Cc1sc2ccc3ccccc3c2[n+]1CCCS(=O)(=O)[O-])C=C1Sc2ccc3ccccc3c2N1CCCOS(=O)O.CCCCCCCCCCCCCCOC(=O)CCN1CCN(C)CC1.c1ccncc1. The van der Waals surface area contributed by atoms with E-state index in [9.17, 15) is 22.0 Å². The Morgan fingerprint density at radius 1 is 0.766 bits per heavy atom. The summed E-state index contributed by atoms with van der Waals surface area (Å²) in [7, 11) is -2.17. The number of anilines is 1. The Morgan fingerprint density at radius 3 is 2.03 bits per heavy atom. The van der Waals surface area contributed by atoms with Gasteiger partial charge in [0.2, 0.25) is 5.52 Å². The second kappa shape index (κ2) is 33.8. The van der Waals surface area contributed by atoms with Crippen molar-refractivity contribution >= 4 is 94.1 Å². The van der Waals surface area contributed by atoms with Crippen molar-refractivity contribution < 1.29 is 40.0 Å². The highest BCUT2D eigenvalue weighted by atomic mass is 32.2. The van der Waals surface area contributed by atoms with Gasteiger partial charge in [-0.2, -0.15) is 8.78 Å². The van der Waals surface area contributed by atoms with Crippen molar-refractivity contribution in [2.45, 2.75) is 128 Å². The Labute approximate surface area is 469 Å². The molecule has 17 heteroatoms. The van der Waals surface area contributed by atoms with Gasteiger partial charge in [0.25, 0.3) is 5.01 Å². The maximum Gasteiger partial charge on any atom is 0.307 e. The molecule has 1 atom stereocenters. The molecule has 8 rings (SSSR count). The first-order chi connectivity index (χ1) is 37.4. The quantitative estimate of drug-likeness (QED) is 0.0163. The number of unbranched alkanes of at least 4 members (excludes halogenated alkanes) is 11. The predicted octanol–water partition coefficient (Wildman–Crippen LogP) is 13.2. The Bertz CT molecular complexity index is 2900. The number of pyridine rings is 1. The number of ether oxygens (including phenoxy) is 1. The molecule has 77 heavy (non-hydrogen) atoms. The lowest BCUT2D eigenvalue weighted by Crippen LogP contribution is -2.45. The van der Waals surface area contributed by atoms with Gasteiger partial charge < -0.3 is 24.0 Å². The molecule has 1 N–H and O–H groups in total. The third kappa shape index (κ3) is 21.2. The van der Waals surface area contributed by atoms with Crippen LogP contribution in [0, 0.1) is 0 Å². The summed E-state index contributed by atoms with van der Waals surface area (Å²) >= 11 is 1.04. The van der Waals surface area contributed by atoms with E-state index >= 15 is 0 Å². The molecular formula is C60H81N5O8S4. The third-order valence-corrected chi connectivity index (χ3v) is 17.1. The molecule has 2 aromatic heterocycles. The number of esters is 1. The number of hydrogen-bond acceptors (Lipinski definition) is 13. The summed E-state index contributed by atoms with van der Waals surface area (Å²) in [6, 6.07) is 30.6. The van der Waals surface area contributed by atoms with Crippen LogP contribution in [0.3, 0.4) is 0 Å². The summed E-state index contributed by atoms with van der Waals surface area (Å²) in [6.45, 7) is 11.4. The molecule has 6 aromatic rings. The first-order valence-electron chi connectivity index (χ1n) is 27.8. The number of likely N-dealkylation sites (N-methyl/N-ethyl adjacent to an activating group) is 1. The minimum atomic E-state index is -4.32. The van der Waals surface area contributed by atoms with Crippen LogP contribution in [0.25, 0.3) is 37.8 Å². The molecule has 0 saturated carbocycles. The number of aromatic nitrogens is 2. The maximum atomic E-state index is 11.8. The number of thioether (sulfide) groups is 1. The fourth-order valence-corrected chi connectivity index (χ4v) is 12.7. The van der Waals surface area contributed by atoms with Crippen LogP contribution < -0.4 is 9.47 Å². The Balaban J connectivity index is 0.000000253. The molecule has 418 valence electrons. The van der Waals surface area contributed by atoms with Crippen molar-refractivity contribution in [3.63, 3.8) is 0 Å². The van der Waals surface area contributed by atoms with E-state index in [2.05, 4.69) is 106 Å². The molecule has 0 spiro atoms. The Morgan fingerprint density at radius 2 is 1.40 bits per heavy atom. The zero-order valence-corrected chi connectivity index (χ0v) is 48.8. The van der Waals surface area contributed by atoms with E-state index in [1.165, 1.54) is 70.6 Å². The fraction of sp³-hybridized carbons (Fsp3) is 0.483. The molecule has 1 saturated heterocycles. The number of fused-ring (bicyclic) bond motifs is 6. The summed E-state index contributed by atoms with van der Waals surface area (Å²) in [5.41, 5.74) is 3.24. The van der Waals surface area contributed by atoms with Crippen LogP contribution in [0.15, 0.2) is 125 Å². The molecule has 13 nitrogen and oxygen atoms in total. The predicted molar refractivity (Wildman–Crippen MR) is 318 cm³/mol. The second-order valence-corrected chi connectivity index (χ2v) is 24.0. The molecule has 2 aliphatic heterocycles. The van der Waals surface area contributed by atoms with Gasteiger partial charge in [0, 0.05) is 80.2 Å². The molecule has 4 aromatic carbocycles. The maximum absolute atomic E-state index is 11.8. The standard InChI is InChI=1S/C33H32N2O6S4.C22H44N2O2.C5H5N/c1-2-23(21-30-34(17-7-19-41-44(36)37)32-26-11-5-3-9-24(26)13-15-28(32)42-30)22-31-35(18-8-20-45(38,39)40)33-27-12-6-4-10-25(27)14-16-29(33)43-31;1-3-4-5-6-7-8-9-10-11-12-13-14-21-26-22(25)15-16-24-19-17-23(2)18-20-24;1-2-4-6-5-3-1/h3-6,9-16,21-22H,2,7-8,17-20H2,1H3,(H-,36,37,38,39,40);3-21H2,1-2H3;1-5H. The Hall–Kier alpha value is -4.56. The lowest BCUT2D eigenvalue weighted by molar-refractivity contribution is -0.667. The minimum Gasteiger partial charge on any atom is -0.748 e. The summed E-state index contributed by atoms with van der Waals surface area (Å²) in [4.78, 5) is 23.7. The van der Waals surface area contributed by atoms with E-state index in [0.29, 0.717) is 32.5 Å². The monoisotopic (exact) mass is 1130 g/mol. The van der Waals surface area contributed by atoms with Gasteiger partial charge in [-0.25, -0.2) is 8.42 Å². The molecule has 0 amide bonds. The molecule has 0 radical (unpaired) electrons. The van der Waals surface area contributed by atoms with Crippen LogP contribution in [0.5, 0.6) is 0 Å². The van der Waals surface area contributed by atoms with Gasteiger partial charge in [0.15, 0.2) is 6.54 Å². The van der Waals surface area contributed by atoms with Crippen LogP contribution in [0.2, 0.25) is 0 Å². The molecule has 1 fully saturated rings. The van der Waals surface area contributed by atoms with Crippen LogP contribution in [0.4, 0.5) is 5.69 Å². The van der Waals surface area contributed by atoms with Gasteiger partial charge >= 0.3 is 17.3 Å². The number of carbonyl (C=O) groups is 1. The van der Waals surface area contributed by atoms with Crippen molar-refractivity contribution in [1.29, 1.82) is 0 Å². The van der Waals surface area contributed by atoms with Crippen LogP contribution in [-0.4, -0.2) is 108 Å². The second-order valence-electron chi connectivity index (χ2n) is 19.7. The van der Waals surface area contributed by atoms with Gasteiger partial charge in [0.1, 0.15) is 4.70 Å². The van der Waals surface area contributed by atoms with Gasteiger partial charge in [-0.15, -0.1) is 0 Å². The number of hydrogen-bond donors (Lipinski definition) is 1. The number of aryl methyl sites for hydroxylation is 1. The molecule has 1 unspecified atom stereocenters. The zero-order valence-electron chi connectivity index (χ0n) is 45.5. The van der Waals surface area contributed by atoms with Gasteiger partial charge in [0.05, 0.1) is 45.9 Å². The molecule has 0 aliphatic carbocycles. The lowest BCUT2D eigenvalue weighted by Gasteiger charge is -2.31. The highest BCUT2D eigenvalue weighted by Gasteiger charge is 2.28. The minimum absolute atomic E-state index is 0.0213. The first kappa shape index (κ1) is 61.6. The highest BCUT2D eigenvalue weighted by molar-refractivity contribution is 8.03. The summed E-state index contributed by atoms with van der Waals surface area (Å²) < 4.78 is 68.0. The van der Waals surface area contributed by atoms with E-state index in [1.807, 2.05) is 42.5 Å². The fourth-order valence-electron chi connectivity index (χ4n) is 9.56. The smallest absolute Gasteiger partial charge is 0.307 e. The van der Waals surface area contributed by atoms with Gasteiger partial charge in [-0.1, -0.05) is 168 Å². The van der Waals surface area contributed by atoms with Crippen molar-refractivity contribution in [3.8, 4) is 0 Å². The average Bonchev–Trinajstić information content (AvgIpc) is 4.05. The lowest BCUT2D eigenvalue weighted by atomic mass is 10.1. The number of benzene rings is 4. The van der Waals surface area contributed by atoms with E-state index in [4.69, 9.17) is 13.5 Å². The van der Waals surface area contributed by atoms with Gasteiger partial charge in [-0.3, -0.25) is 18.5 Å². The largest absolute Gasteiger partial charge is 0.748 e. The van der Waals surface area contributed by atoms with Crippen LogP contribution in [-0.2, 0) is 41.7 Å². The van der Waals surface area contributed by atoms with Gasteiger partial charge in [-0.05, 0) is 79.1 Å². The molecular weight excluding hydrogens is 1050 g/mol. The van der Waals surface area contributed by atoms with Crippen molar-refractivity contribution in [1.82, 2.24) is 14.8 Å². The summed E-state index contributed by atoms with van der Waals surface area (Å²) in [5.74, 6) is -0.437. The number of thiazole rings is 1. The van der Waals surface area contributed by atoms with E-state index in [0.717, 1.165) is 104 Å². The molecule has 0 bridgehead atoms. The third-order valence-electron chi connectivity index (χ3n) is 13.8. The highest BCUT2D eigenvalue weighted by Crippen LogP contribution is 2.50. The molecule has 2 aliphatic rings. The van der Waals surface area contributed by atoms with Crippen LogP contribution >= 0.6 is 23.1 Å². The van der Waals surface area contributed by atoms with E-state index < -0.39 is 27.2 Å². The number of rotatable bonds is 28. The Kier molecular flexibility index (Phi) is 27.0. The number of nitrogens with zero attached hydrogens (tertiary/aromatic N) is 5. The topological polar surface area (TPSA) is 157 Å². The van der Waals surface area contributed by atoms with Crippen LogP contribution in [0.1, 0.15) is 122 Å². The normalized spacial score (nSPS) is 15.1. The van der Waals surface area contributed by atoms with Crippen molar-refractivity contribution in [2.24, 2.45) is 0 Å². The van der Waals surface area contributed by atoms with Crippen molar-refractivity contribution in [3.05, 3.63) is 125 Å². The zero-order chi connectivity index (χ0) is 54.7. The van der Waals surface area contributed by atoms with E-state index in [1.54, 1.807) is 35.5 Å². The first-order valence-corrected chi connectivity index (χ1v) is 32.0. The number of carbonyl (C=O) groups excluding carboxylic acids is 1. The van der Waals surface area contributed by atoms with E-state index in [-0.39, 0.29) is 19.0 Å². The van der Waals surface area contributed by atoms with Crippen molar-refractivity contribution in [2.75, 3.05) is 70.2 Å². The average molecular weight is 1130 g/mol.